The Balaban J connectivity index is 2.24. The molecule has 18 heavy (non-hydrogen) atoms. The average Bonchev–Trinajstić information content (AvgIpc) is 2.41. The molecule has 0 fully saturated rings. The number of rotatable bonds is 4. The Kier molecular flexibility index (Phi) is 3.82. The van der Waals surface area contributed by atoms with Gasteiger partial charge in [-0.05, 0) is 25.1 Å². The van der Waals surface area contributed by atoms with E-state index in [0.29, 0.717) is 12.1 Å². The van der Waals surface area contributed by atoms with E-state index in [-0.39, 0.29) is 11.5 Å². The van der Waals surface area contributed by atoms with Gasteiger partial charge in [-0.3, -0.25) is 0 Å². The Hall–Kier alpha value is -2.03. The third-order valence-corrected chi connectivity index (χ3v) is 2.97. The molecule has 0 saturated heterocycles. The molecule has 0 aliphatic rings. The van der Waals surface area contributed by atoms with E-state index in [2.05, 4.69) is 11.8 Å². The second-order valence-electron chi connectivity index (χ2n) is 4.17. The summed E-state index contributed by atoms with van der Waals surface area (Å²) in [6, 6.07) is 15.1. The molecule has 2 nitrogen and oxygen atoms in total. The molecule has 0 atom stereocenters. The van der Waals surface area contributed by atoms with E-state index in [0.717, 1.165) is 12.2 Å². The van der Waals surface area contributed by atoms with E-state index in [1.165, 1.54) is 0 Å². The number of nitrogens with two attached hydrogens (primary N) is 1. The van der Waals surface area contributed by atoms with Crippen LogP contribution in [0.2, 0.25) is 0 Å². The fourth-order valence-corrected chi connectivity index (χ4v) is 1.95. The normalized spacial score (nSPS) is 10.3. The van der Waals surface area contributed by atoms with Crippen LogP contribution in [0.1, 0.15) is 12.5 Å². The SMILES string of the molecule is CCN(Cc1cccc(N)c1F)c1ccccc1. The van der Waals surface area contributed by atoms with Crippen LogP contribution in [0, 0.1) is 5.82 Å². The third-order valence-electron chi connectivity index (χ3n) is 2.97. The van der Waals surface area contributed by atoms with E-state index in [1.54, 1.807) is 18.2 Å². The van der Waals surface area contributed by atoms with Gasteiger partial charge < -0.3 is 10.6 Å². The Morgan fingerprint density at radius 3 is 2.44 bits per heavy atom. The minimum absolute atomic E-state index is 0.205. The van der Waals surface area contributed by atoms with Crippen molar-refractivity contribution >= 4 is 11.4 Å². The maximum Gasteiger partial charge on any atom is 0.151 e. The minimum atomic E-state index is -0.313. The molecule has 3 heteroatoms. The molecule has 2 rings (SSSR count). The number of para-hydroxylation sites is 1. The zero-order valence-electron chi connectivity index (χ0n) is 10.4. The summed E-state index contributed by atoms with van der Waals surface area (Å²) < 4.78 is 13.9. The summed E-state index contributed by atoms with van der Waals surface area (Å²) in [6.45, 7) is 3.40. The van der Waals surface area contributed by atoms with Gasteiger partial charge in [0.05, 0.1) is 5.69 Å². The maximum absolute atomic E-state index is 13.9. The molecule has 94 valence electrons. The minimum Gasteiger partial charge on any atom is -0.396 e. The number of hydrogen-bond acceptors (Lipinski definition) is 2. The van der Waals surface area contributed by atoms with Crippen molar-refractivity contribution in [2.45, 2.75) is 13.5 Å². The second-order valence-corrected chi connectivity index (χ2v) is 4.17. The Labute approximate surface area is 107 Å². The van der Waals surface area contributed by atoms with Crippen LogP contribution in [0.4, 0.5) is 15.8 Å². The van der Waals surface area contributed by atoms with Crippen molar-refractivity contribution in [3.63, 3.8) is 0 Å². The maximum atomic E-state index is 13.9. The molecule has 0 saturated carbocycles. The second kappa shape index (κ2) is 5.54. The molecule has 0 unspecified atom stereocenters. The molecule has 0 spiro atoms. The van der Waals surface area contributed by atoms with E-state index in [1.807, 2.05) is 30.3 Å². The van der Waals surface area contributed by atoms with Gasteiger partial charge in [-0.1, -0.05) is 30.3 Å². The van der Waals surface area contributed by atoms with Crippen molar-refractivity contribution in [3.8, 4) is 0 Å². The van der Waals surface area contributed by atoms with Crippen LogP contribution in [-0.4, -0.2) is 6.54 Å². The smallest absolute Gasteiger partial charge is 0.151 e. The van der Waals surface area contributed by atoms with Crippen molar-refractivity contribution in [1.29, 1.82) is 0 Å². The van der Waals surface area contributed by atoms with E-state index >= 15 is 0 Å². The predicted octanol–water partition coefficient (Wildman–Crippen LogP) is 3.43. The first-order valence-corrected chi connectivity index (χ1v) is 6.05. The molecule has 0 aliphatic heterocycles. The highest BCUT2D eigenvalue weighted by Crippen LogP contribution is 2.20. The number of hydrogen-bond donors (Lipinski definition) is 1. The van der Waals surface area contributed by atoms with Gasteiger partial charge in [-0.2, -0.15) is 0 Å². The van der Waals surface area contributed by atoms with Crippen molar-refractivity contribution in [3.05, 3.63) is 59.9 Å². The number of anilines is 2. The van der Waals surface area contributed by atoms with Crippen molar-refractivity contribution < 1.29 is 4.39 Å². The lowest BCUT2D eigenvalue weighted by atomic mass is 10.1. The summed E-state index contributed by atoms with van der Waals surface area (Å²) in [5.41, 5.74) is 7.50. The quantitative estimate of drug-likeness (QED) is 0.835. The zero-order valence-corrected chi connectivity index (χ0v) is 10.4. The molecule has 0 heterocycles. The van der Waals surface area contributed by atoms with E-state index < -0.39 is 0 Å². The first-order valence-electron chi connectivity index (χ1n) is 6.05. The number of nitrogen functional groups attached to an aromatic ring is 1. The summed E-state index contributed by atoms with van der Waals surface area (Å²) in [6.07, 6.45) is 0. The fourth-order valence-electron chi connectivity index (χ4n) is 1.95. The van der Waals surface area contributed by atoms with Gasteiger partial charge in [0.25, 0.3) is 0 Å². The Morgan fingerprint density at radius 2 is 1.78 bits per heavy atom. The molecular weight excluding hydrogens is 227 g/mol. The van der Waals surface area contributed by atoms with Gasteiger partial charge in [0.15, 0.2) is 5.82 Å². The van der Waals surface area contributed by atoms with E-state index in [4.69, 9.17) is 5.73 Å². The molecule has 2 N–H and O–H groups in total. The summed E-state index contributed by atoms with van der Waals surface area (Å²) >= 11 is 0. The van der Waals surface area contributed by atoms with E-state index in [9.17, 15) is 4.39 Å². The summed E-state index contributed by atoms with van der Waals surface area (Å²) in [4.78, 5) is 2.11. The van der Waals surface area contributed by atoms with Gasteiger partial charge >= 0.3 is 0 Å². The molecule has 0 radical (unpaired) electrons. The largest absolute Gasteiger partial charge is 0.396 e. The van der Waals surface area contributed by atoms with Gasteiger partial charge in [-0.25, -0.2) is 4.39 Å². The van der Waals surface area contributed by atoms with Crippen LogP contribution in [0.25, 0.3) is 0 Å². The molecule has 2 aromatic rings. The lowest BCUT2D eigenvalue weighted by Gasteiger charge is -2.23. The van der Waals surface area contributed by atoms with Gasteiger partial charge in [0, 0.05) is 24.3 Å². The van der Waals surface area contributed by atoms with Crippen LogP contribution in [0.15, 0.2) is 48.5 Å². The predicted molar refractivity (Wildman–Crippen MR) is 74.0 cm³/mol. The average molecular weight is 244 g/mol. The number of nitrogens with zero attached hydrogens (tertiary/aromatic N) is 1. The van der Waals surface area contributed by atoms with Crippen LogP contribution >= 0.6 is 0 Å². The summed E-state index contributed by atoms with van der Waals surface area (Å²) in [5, 5.41) is 0. The lowest BCUT2D eigenvalue weighted by Crippen LogP contribution is -2.22. The first-order chi connectivity index (χ1) is 8.72. The number of halogens is 1. The van der Waals surface area contributed by atoms with Crippen LogP contribution in [0.3, 0.4) is 0 Å². The fraction of sp³-hybridized carbons (Fsp3) is 0.200. The van der Waals surface area contributed by atoms with Gasteiger partial charge in [0.2, 0.25) is 0 Å². The van der Waals surface area contributed by atoms with Crippen molar-refractivity contribution in [2.24, 2.45) is 0 Å². The molecule has 0 aliphatic carbocycles. The highest BCUT2D eigenvalue weighted by Gasteiger charge is 2.10. The summed E-state index contributed by atoms with van der Waals surface area (Å²) in [5.74, 6) is -0.313. The molecular formula is C15H17FN2. The van der Waals surface area contributed by atoms with Crippen LogP contribution in [-0.2, 0) is 6.54 Å². The van der Waals surface area contributed by atoms with Crippen molar-refractivity contribution in [2.75, 3.05) is 17.2 Å². The van der Waals surface area contributed by atoms with Gasteiger partial charge in [-0.15, -0.1) is 0 Å². The molecule has 0 amide bonds. The topological polar surface area (TPSA) is 29.3 Å². The van der Waals surface area contributed by atoms with Crippen LogP contribution in [0.5, 0.6) is 0 Å². The Morgan fingerprint density at radius 1 is 1.06 bits per heavy atom. The lowest BCUT2D eigenvalue weighted by molar-refractivity contribution is 0.610. The zero-order chi connectivity index (χ0) is 13.0. The monoisotopic (exact) mass is 244 g/mol. The molecule has 0 aromatic heterocycles. The standard InChI is InChI=1S/C15H17FN2/c1-2-18(13-8-4-3-5-9-13)11-12-7-6-10-14(17)15(12)16/h3-10H,2,11,17H2,1H3. The summed E-state index contributed by atoms with van der Waals surface area (Å²) in [7, 11) is 0. The van der Waals surface area contributed by atoms with Gasteiger partial charge in [0.1, 0.15) is 0 Å². The molecule has 0 bridgehead atoms. The van der Waals surface area contributed by atoms with Crippen molar-refractivity contribution in [1.82, 2.24) is 0 Å². The number of benzene rings is 2. The molecule has 2 aromatic carbocycles. The first kappa shape index (κ1) is 12.4. The third kappa shape index (κ3) is 2.62. The Bertz CT molecular complexity index is 511. The highest BCUT2D eigenvalue weighted by molar-refractivity contribution is 5.49. The highest BCUT2D eigenvalue weighted by atomic mass is 19.1. The van der Waals surface area contributed by atoms with Crippen LogP contribution < -0.4 is 10.6 Å².